The van der Waals surface area contributed by atoms with Gasteiger partial charge in [0.1, 0.15) is 0 Å². The molecule has 0 unspecified atom stereocenters. The third-order valence-electron chi connectivity index (χ3n) is 2.27. The third kappa shape index (κ3) is 3.29. The SMILES string of the molecule is CNc1nnc(C(=O)Nc2ccc(S(N)(=O)=O)cc2)s1. The predicted molar refractivity (Wildman–Crippen MR) is 75.2 cm³/mol. The summed E-state index contributed by atoms with van der Waals surface area (Å²) in [5.74, 6) is -0.424. The summed E-state index contributed by atoms with van der Waals surface area (Å²) in [6, 6.07) is 5.50. The molecule has 20 heavy (non-hydrogen) atoms. The van der Waals surface area contributed by atoms with E-state index in [0.29, 0.717) is 10.8 Å². The van der Waals surface area contributed by atoms with Crippen LogP contribution >= 0.6 is 11.3 Å². The van der Waals surface area contributed by atoms with E-state index in [1.54, 1.807) is 7.05 Å². The topological polar surface area (TPSA) is 127 Å². The summed E-state index contributed by atoms with van der Waals surface area (Å²) >= 11 is 1.11. The van der Waals surface area contributed by atoms with Crippen LogP contribution in [0, 0.1) is 0 Å². The Kier molecular flexibility index (Phi) is 3.97. The number of carbonyl (C=O) groups is 1. The van der Waals surface area contributed by atoms with E-state index >= 15 is 0 Å². The van der Waals surface area contributed by atoms with Crippen molar-refractivity contribution in [1.82, 2.24) is 10.2 Å². The summed E-state index contributed by atoms with van der Waals surface area (Å²) < 4.78 is 22.2. The number of nitrogens with one attached hydrogen (secondary N) is 2. The maximum atomic E-state index is 11.9. The van der Waals surface area contributed by atoms with E-state index in [1.807, 2.05) is 0 Å². The Hall–Kier alpha value is -2.04. The first-order valence-corrected chi connectivity index (χ1v) is 7.72. The van der Waals surface area contributed by atoms with Crippen LogP contribution < -0.4 is 15.8 Å². The largest absolute Gasteiger partial charge is 0.363 e. The van der Waals surface area contributed by atoms with Gasteiger partial charge in [-0.25, -0.2) is 13.6 Å². The van der Waals surface area contributed by atoms with Crippen molar-refractivity contribution >= 4 is 38.1 Å². The quantitative estimate of drug-likeness (QED) is 0.753. The fraction of sp³-hybridized carbons (Fsp3) is 0.100. The molecule has 0 fully saturated rings. The number of amides is 1. The van der Waals surface area contributed by atoms with Crippen molar-refractivity contribution in [2.75, 3.05) is 17.7 Å². The van der Waals surface area contributed by atoms with Gasteiger partial charge in [-0.2, -0.15) is 0 Å². The third-order valence-corrected chi connectivity index (χ3v) is 4.14. The molecule has 1 heterocycles. The van der Waals surface area contributed by atoms with E-state index in [2.05, 4.69) is 20.8 Å². The van der Waals surface area contributed by atoms with Crippen LogP contribution in [0.4, 0.5) is 10.8 Å². The molecular weight excluding hydrogens is 302 g/mol. The molecule has 0 aliphatic rings. The molecule has 1 aromatic carbocycles. The number of benzene rings is 1. The molecule has 0 spiro atoms. The van der Waals surface area contributed by atoms with Crippen LogP contribution in [0.5, 0.6) is 0 Å². The molecule has 0 aliphatic heterocycles. The van der Waals surface area contributed by atoms with Crippen LogP contribution in [0.2, 0.25) is 0 Å². The normalized spacial score (nSPS) is 11.1. The Morgan fingerprint density at radius 1 is 1.25 bits per heavy atom. The number of hydrogen-bond acceptors (Lipinski definition) is 7. The molecule has 2 aromatic rings. The first kappa shape index (κ1) is 14.4. The monoisotopic (exact) mass is 313 g/mol. The second kappa shape index (κ2) is 5.53. The second-order valence-corrected chi connectivity index (χ2v) is 6.22. The maximum Gasteiger partial charge on any atom is 0.286 e. The summed E-state index contributed by atoms with van der Waals surface area (Å²) in [5.41, 5.74) is 0.434. The van der Waals surface area contributed by atoms with Crippen molar-refractivity contribution in [2.24, 2.45) is 5.14 Å². The van der Waals surface area contributed by atoms with Crippen LogP contribution in [0.1, 0.15) is 9.80 Å². The zero-order valence-electron chi connectivity index (χ0n) is 10.3. The molecule has 0 radical (unpaired) electrons. The molecule has 0 saturated heterocycles. The highest BCUT2D eigenvalue weighted by Gasteiger charge is 2.13. The van der Waals surface area contributed by atoms with Gasteiger partial charge >= 0.3 is 0 Å². The van der Waals surface area contributed by atoms with Gasteiger partial charge in [-0.05, 0) is 24.3 Å². The number of carbonyl (C=O) groups excluding carboxylic acids is 1. The Bertz CT molecular complexity index is 724. The highest BCUT2D eigenvalue weighted by molar-refractivity contribution is 7.89. The lowest BCUT2D eigenvalue weighted by atomic mass is 10.3. The van der Waals surface area contributed by atoms with Gasteiger partial charge in [-0.3, -0.25) is 4.79 Å². The highest BCUT2D eigenvalue weighted by atomic mass is 32.2. The van der Waals surface area contributed by atoms with Gasteiger partial charge in [0.2, 0.25) is 20.2 Å². The summed E-state index contributed by atoms with van der Waals surface area (Å²) in [4.78, 5) is 11.8. The van der Waals surface area contributed by atoms with Crippen LogP contribution in [0.3, 0.4) is 0 Å². The number of anilines is 2. The fourth-order valence-corrected chi connectivity index (χ4v) is 2.44. The van der Waals surface area contributed by atoms with Crippen LogP contribution in [0.15, 0.2) is 29.2 Å². The Morgan fingerprint density at radius 2 is 1.90 bits per heavy atom. The predicted octanol–water partition coefficient (Wildman–Crippen LogP) is 0.480. The summed E-state index contributed by atoms with van der Waals surface area (Å²) in [6.45, 7) is 0. The van der Waals surface area contributed by atoms with Crippen LogP contribution in [-0.2, 0) is 10.0 Å². The second-order valence-electron chi connectivity index (χ2n) is 3.69. The number of aromatic nitrogens is 2. The molecular formula is C10H11N5O3S2. The van der Waals surface area contributed by atoms with Gasteiger partial charge in [0.15, 0.2) is 0 Å². The van der Waals surface area contributed by atoms with Crippen molar-refractivity contribution in [1.29, 1.82) is 0 Å². The lowest BCUT2D eigenvalue weighted by Crippen LogP contribution is -2.13. The van der Waals surface area contributed by atoms with Gasteiger partial charge in [0, 0.05) is 12.7 Å². The van der Waals surface area contributed by atoms with Crippen molar-refractivity contribution in [3.8, 4) is 0 Å². The minimum absolute atomic E-state index is 0.0242. The first-order valence-electron chi connectivity index (χ1n) is 5.35. The summed E-state index contributed by atoms with van der Waals surface area (Å²) in [7, 11) is -2.07. The van der Waals surface area contributed by atoms with Gasteiger partial charge < -0.3 is 10.6 Å². The Labute approximate surface area is 119 Å². The molecule has 0 saturated carbocycles. The van der Waals surface area contributed by atoms with Crippen molar-refractivity contribution in [3.05, 3.63) is 29.3 Å². The zero-order valence-corrected chi connectivity index (χ0v) is 12.0. The molecule has 0 bridgehead atoms. The summed E-state index contributed by atoms with van der Waals surface area (Å²) in [5, 5.41) is 18.5. The lowest BCUT2D eigenvalue weighted by molar-refractivity contribution is 0.102. The molecule has 4 N–H and O–H groups in total. The zero-order chi connectivity index (χ0) is 14.8. The summed E-state index contributed by atoms with van der Waals surface area (Å²) in [6.07, 6.45) is 0. The minimum Gasteiger partial charge on any atom is -0.363 e. The van der Waals surface area contributed by atoms with Crippen molar-refractivity contribution in [2.45, 2.75) is 4.90 Å². The van der Waals surface area contributed by atoms with E-state index in [0.717, 1.165) is 11.3 Å². The molecule has 8 nitrogen and oxygen atoms in total. The smallest absolute Gasteiger partial charge is 0.286 e. The van der Waals surface area contributed by atoms with Gasteiger partial charge in [0.05, 0.1) is 4.90 Å². The number of nitrogens with zero attached hydrogens (tertiary/aromatic N) is 2. The average molecular weight is 313 g/mol. The Balaban J connectivity index is 2.12. The van der Waals surface area contributed by atoms with E-state index in [1.165, 1.54) is 24.3 Å². The molecule has 2 rings (SSSR count). The number of rotatable bonds is 4. The van der Waals surface area contributed by atoms with E-state index in [4.69, 9.17) is 5.14 Å². The van der Waals surface area contributed by atoms with E-state index in [-0.39, 0.29) is 9.90 Å². The first-order chi connectivity index (χ1) is 9.40. The van der Waals surface area contributed by atoms with E-state index < -0.39 is 15.9 Å². The molecule has 1 aromatic heterocycles. The minimum atomic E-state index is -3.74. The van der Waals surface area contributed by atoms with Gasteiger partial charge in [-0.15, -0.1) is 10.2 Å². The molecule has 10 heteroatoms. The van der Waals surface area contributed by atoms with Crippen molar-refractivity contribution < 1.29 is 13.2 Å². The molecule has 106 valence electrons. The van der Waals surface area contributed by atoms with Crippen molar-refractivity contribution in [3.63, 3.8) is 0 Å². The molecule has 0 atom stereocenters. The van der Waals surface area contributed by atoms with E-state index in [9.17, 15) is 13.2 Å². The van der Waals surface area contributed by atoms with Crippen LogP contribution in [-0.4, -0.2) is 31.6 Å². The van der Waals surface area contributed by atoms with Crippen LogP contribution in [0.25, 0.3) is 0 Å². The van der Waals surface area contributed by atoms with Gasteiger partial charge in [-0.1, -0.05) is 11.3 Å². The molecule has 1 amide bonds. The maximum absolute atomic E-state index is 11.9. The standard InChI is InChI=1S/C10H11N5O3S2/c1-12-10-15-14-9(19-10)8(16)13-6-2-4-7(5-3-6)20(11,17)18/h2-5H,1H3,(H,12,15)(H,13,16)(H2,11,17,18). The molecule has 0 aliphatic carbocycles. The average Bonchev–Trinajstić information content (AvgIpc) is 2.87. The number of hydrogen-bond donors (Lipinski definition) is 3. The lowest BCUT2D eigenvalue weighted by Gasteiger charge is -2.03. The number of sulfonamides is 1. The highest BCUT2D eigenvalue weighted by Crippen LogP contribution is 2.17. The number of primary sulfonamides is 1. The number of nitrogens with two attached hydrogens (primary N) is 1. The fourth-order valence-electron chi connectivity index (χ4n) is 1.33. The Morgan fingerprint density at radius 3 is 2.40 bits per heavy atom. The van der Waals surface area contributed by atoms with Gasteiger partial charge in [0.25, 0.3) is 5.91 Å².